The molecule has 0 aliphatic carbocycles. The number of cyclic esters (lactones) is 1. The van der Waals surface area contributed by atoms with Crippen LogP contribution in [-0.2, 0) is 61.8 Å². The van der Waals surface area contributed by atoms with E-state index in [0.29, 0.717) is 12.8 Å². The highest BCUT2D eigenvalue weighted by Crippen LogP contribution is 2.42. The molecular formula is C40H68O15. The average molecular weight is 789 g/mol. The lowest BCUT2D eigenvalue weighted by atomic mass is 9.74. The lowest BCUT2D eigenvalue weighted by Crippen LogP contribution is -2.61. The van der Waals surface area contributed by atoms with Crippen molar-refractivity contribution in [3.8, 4) is 0 Å². The van der Waals surface area contributed by atoms with E-state index in [1.54, 1.807) is 41.5 Å². The Labute approximate surface area is 326 Å². The van der Waals surface area contributed by atoms with Gasteiger partial charge in [-0.3, -0.25) is 19.2 Å². The normalized spacial score (nSPS) is 45.2. The van der Waals surface area contributed by atoms with Crippen molar-refractivity contribution in [3.63, 3.8) is 0 Å². The summed E-state index contributed by atoms with van der Waals surface area (Å²) in [6.07, 6.45) is -7.90. The molecule has 3 fully saturated rings. The van der Waals surface area contributed by atoms with Crippen LogP contribution in [0.15, 0.2) is 0 Å². The van der Waals surface area contributed by atoms with Crippen molar-refractivity contribution < 1.29 is 72.0 Å². The zero-order valence-corrected chi connectivity index (χ0v) is 35.3. The van der Waals surface area contributed by atoms with Crippen LogP contribution in [0.5, 0.6) is 0 Å². The molecule has 15 heteroatoms. The number of aliphatic hydroxyl groups is 2. The zero-order valence-electron chi connectivity index (χ0n) is 35.3. The van der Waals surface area contributed by atoms with Crippen molar-refractivity contribution in [2.75, 3.05) is 14.2 Å². The van der Waals surface area contributed by atoms with Crippen LogP contribution in [0.2, 0.25) is 0 Å². The van der Waals surface area contributed by atoms with Gasteiger partial charge in [0, 0.05) is 52.2 Å². The maximum Gasteiger partial charge on any atom is 0.311 e. The van der Waals surface area contributed by atoms with E-state index in [0.717, 1.165) is 0 Å². The number of ether oxygens (including phenoxy) is 9. The number of hydrogen-bond acceptors (Lipinski definition) is 15. The smallest absolute Gasteiger partial charge is 0.311 e. The van der Waals surface area contributed by atoms with E-state index in [1.165, 1.54) is 41.9 Å². The molecule has 0 aromatic heterocycles. The Hall–Kier alpha value is -2.24. The number of carbonyl (C=O) groups excluding carboxylic acids is 4. The Morgan fingerprint density at radius 3 is 1.95 bits per heavy atom. The van der Waals surface area contributed by atoms with Gasteiger partial charge in [0.2, 0.25) is 0 Å². The van der Waals surface area contributed by atoms with Gasteiger partial charge in [-0.15, -0.1) is 0 Å². The van der Waals surface area contributed by atoms with Gasteiger partial charge in [-0.05, 0) is 67.2 Å². The monoisotopic (exact) mass is 788 g/mol. The van der Waals surface area contributed by atoms with E-state index < -0.39 is 114 Å². The number of methoxy groups -OCH3 is 2. The predicted molar refractivity (Wildman–Crippen MR) is 197 cm³/mol. The summed E-state index contributed by atoms with van der Waals surface area (Å²) in [7, 11) is 2.99. The Balaban J connectivity index is 2.23. The van der Waals surface area contributed by atoms with Gasteiger partial charge in [-0.25, -0.2) is 0 Å². The molecule has 0 aromatic carbocycles. The first-order chi connectivity index (χ1) is 25.5. The Morgan fingerprint density at radius 1 is 0.818 bits per heavy atom. The molecule has 3 heterocycles. The van der Waals surface area contributed by atoms with E-state index >= 15 is 0 Å². The van der Waals surface area contributed by atoms with Gasteiger partial charge in [-0.1, -0.05) is 27.7 Å². The summed E-state index contributed by atoms with van der Waals surface area (Å²) in [6, 6.07) is 0. The second kappa shape index (κ2) is 19.0. The fraction of sp³-hybridized carbons (Fsp3) is 0.900. The Bertz CT molecular complexity index is 1320. The Kier molecular flexibility index (Phi) is 16.3. The molecule has 15 nitrogen and oxygen atoms in total. The van der Waals surface area contributed by atoms with Crippen molar-refractivity contribution in [1.82, 2.24) is 0 Å². The van der Waals surface area contributed by atoms with Crippen molar-refractivity contribution in [3.05, 3.63) is 0 Å². The molecule has 0 amide bonds. The SMILES string of the molecule is CC[C@H]1OC(=O)[C@H](C)[C@@H](OC2C[C@@](C)(OC)[C@@H](OC(C)=O)[C@H](C)O2)[C@H](C)C(O[C@@H]2O[C@H](C)CC[C@H]2OC(C)=O)[C@](C)(OC)C[C@@H](C)C(=O)[C@H](C)[C@@H](O)[C@]1(C)O. The van der Waals surface area contributed by atoms with E-state index in [2.05, 4.69) is 0 Å². The van der Waals surface area contributed by atoms with Crippen LogP contribution in [0.25, 0.3) is 0 Å². The van der Waals surface area contributed by atoms with Crippen LogP contribution < -0.4 is 0 Å². The van der Waals surface area contributed by atoms with Gasteiger partial charge >= 0.3 is 17.9 Å². The summed E-state index contributed by atoms with van der Waals surface area (Å²) in [5.41, 5.74) is -4.32. The predicted octanol–water partition coefficient (Wildman–Crippen LogP) is 4.04. The number of ketones is 1. The molecule has 3 aliphatic heterocycles. The first-order valence-corrected chi connectivity index (χ1v) is 19.7. The van der Waals surface area contributed by atoms with Gasteiger partial charge in [0.15, 0.2) is 24.8 Å². The third kappa shape index (κ3) is 10.8. The second-order valence-corrected chi connectivity index (χ2v) is 16.7. The molecule has 0 bridgehead atoms. The third-order valence-corrected chi connectivity index (χ3v) is 12.1. The van der Waals surface area contributed by atoms with Gasteiger partial charge in [-0.2, -0.15) is 0 Å². The van der Waals surface area contributed by atoms with Crippen LogP contribution in [0, 0.1) is 23.7 Å². The molecule has 55 heavy (non-hydrogen) atoms. The maximum atomic E-state index is 14.3. The van der Waals surface area contributed by atoms with Crippen LogP contribution in [0.4, 0.5) is 0 Å². The molecule has 0 spiro atoms. The molecule has 2 unspecified atom stereocenters. The first kappa shape index (κ1) is 47.1. The van der Waals surface area contributed by atoms with E-state index in [1.807, 2.05) is 13.8 Å². The van der Waals surface area contributed by atoms with Crippen molar-refractivity contribution >= 4 is 23.7 Å². The molecular weight excluding hydrogens is 720 g/mol. The third-order valence-electron chi connectivity index (χ3n) is 12.1. The lowest BCUT2D eigenvalue weighted by Gasteiger charge is -2.49. The number of hydrogen-bond donors (Lipinski definition) is 2. The highest BCUT2D eigenvalue weighted by atomic mass is 16.7. The zero-order chi connectivity index (χ0) is 41.8. The van der Waals surface area contributed by atoms with Crippen LogP contribution in [-0.4, -0.2) is 126 Å². The topological polar surface area (TPSA) is 192 Å². The van der Waals surface area contributed by atoms with Crippen LogP contribution in [0.1, 0.15) is 115 Å². The van der Waals surface area contributed by atoms with Crippen molar-refractivity contribution in [1.29, 1.82) is 0 Å². The highest BCUT2D eigenvalue weighted by molar-refractivity contribution is 5.83. The summed E-state index contributed by atoms with van der Waals surface area (Å²) in [5.74, 6) is -5.64. The molecule has 17 atom stereocenters. The van der Waals surface area contributed by atoms with E-state index in [9.17, 15) is 29.4 Å². The lowest BCUT2D eigenvalue weighted by molar-refractivity contribution is -0.317. The fourth-order valence-corrected chi connectivity index (χ4v) is 8.68. The number of aliphatic hydroxyl groups excluding tert-OH is 1. The highest BCUT2D eigenvalue weighted by Gasteiger charge is 2.54. The van der Waals surface area contributed by atoms with Gasteiger partial charge in [0.25, 0.3) is 0 Å². The minimum Gasteiger partial charge on any atom is -0.459 e. The Morgan fingerprint density at radius 2 is 1.40 bits per heavy atom. The minimum atomic E-state index is -1.99. The largest absolute Gasteiger partial charge is 0.459 e. The molecule has 3 aliphatic rings. The quantitative estimate of drug-likeness (QED) is 0.251. The summed E-state index contributed by atoms with van der Waals surface area (Å²) in [5, 5.41) is 23.1. The standard InChI is InChI=1S/C40H68O15/c1-15-29-40(12,46)33(44)22(4)31(43)20(2)18-38(10,47-13)34(55-37-28(51-26(8)41)17-16-21(3)49-37)23(5)32(24(6)36(45)53-29)54-30-19-39(11,48-14)35(25(7)50-30)52-27(9)42/h20-25,28-30,32-35,37,44,46H,15-19H2,1-14H3/t20-,21-,22+,23+,24-,25+,28-,29-,30?,32+,33-,34?,35+,37+,38-,39-,40-/m1/s1. The van der Waals surface area contributed by atoms with Gasteiger partial charge in [0.05, 0.1) is 42.0 Å². The van der Waals surface area contributed by atoms with Crippen molar-refractivity contribution in [2.24, 2.45) is 23.7 Å². The van der Waals surface area contributed by atoms with Gasteiger partial charge < -0.3 is 52.8 Å². The molecule has 0 saturated carbocycles. The molecule has 0 radical (unpaired) electrons. The number of carbonyl (C=O) groups is 4. The van der Waals surface area contributed by atoms with Crippen LogP contribution >= 0.6 is 0 Å². The second-order valence-electron chi connectivity index (χ2n) is 16.7. The summed E-state index contributed by atoms with van der Waals surface area (Å²) < 4.78 is 55.7. The molecule has 2 N–H and O–H groups in total. The number of rotatable bonds is 9. The summed E-state index contributed by atoms with van der Waals surface area (Å²) in [4.78, 5) is 52.5. The van der Waals surface area contributed by atoms with Crippen molar-refractivity contribution in [2.45, 2.75) is 193 Å². The molecule has 318 valence electrons. The van der Waals surface area contributed by atoms with E-state index in [4.69, 9.17) is 42.6 Å². The molecule has 0 aromatic rings. The summed E-state index contributed by atoms with van der Waals surface area (Å²) >= 11 is 0. The summed E-state index contributed by atoms with van der Waals surface area (Å²) in [6.45, 7) is 19.6. The minimum absolute atomic E-state index is 0.0859. The molecule has 3 saturated heterocycles. The van der Waals surface area contributed by atoms with E-state index in [-0.39, 0.29) is 31.1 Å². The number of esters is 3. The fourth-order valence-electron chi connectivity index (χ4n) is 8.68. The average Bonchev–Trinajstić information content (AvgIpc) is 3.11. The number of Topliss-reactive ketones (excluding diaryl/α,β-unsaturated/α-hetero) is 1. The first-order valence-electron chi connectivity index (χ1n) is 19.7. The molecule has 3 rings (SSSR count). The van der Waals surface area contributed by atoms with Crippen LogP contribution in [0.3, 0.4) is 0 Å². The maximum absolute atomic E-state index is 14.3. The van der Waals surface area contributed by atoms with Gasteiger partial charge in [0.1, 0.15) is 23.1 Å².